The molecule has 7 nitrogen and oxygen atoms in total. The molecule has 2 heterocycles. The molecule has 4 fully saturated rings. The summed E-state index contributed by atoms with van der Waals surface area (Å²) < 4.78 is 21.7. The Labute approximate surface area is 167 Å². The second-order valence-electron chi connectivity index (χ2n) is 9.25. The lowest BCUT2D eigenvalue weighted by Crippen LogP contribution is -2.45. The Balaban J connectivity index is 1.38. The molecule has 0 aromatic heterocycles. The SMILES string of the molecule is BC(C)(C(=O)OCCOC(=O)COC1C2CC3CC(C2)C(=O)OC1C3)C(C)C. The lowest BCUT2D eigenvalue weighted by molar-refractivity contribution is -0.169. The second kappa shape index (κ2) is 8.43. The molecule has 0 aromatic rings. The van der Waals surface area contributed by atoms with Crippen LogP contribution in [0, 0.1) is 23.7 Å². The van der Waals surface area contributed by atoms with Crippen LogP contribution in [0.1, 0.15) is 46.5 Å². The number of rotatable bonds is 8. The Bertz CT molecular complexity index is 618. The first-order valence-corrected chi connectivity index (χ1v) is 10.3. The molecular weight excluding hydrogens is 363 g/mol. The molecule has 2 saturated heterocycles. The van der Waals surface area contributed by atoms with Crippen molar-refractivity contribution in [3.63, 3.8) is 0 Å². The first-order valence-electron chi connectivity index (χ1n) is 10.3. The van der Waals surface area contributed by atoms with Gasteiger partial charge in [-0.15, -0.1) is 0 Å². The number of carbonyl (C=O) groups excluding carboxylic acids is 3. The normalized spacial score (nSPS) is 33.1. The van der Waals surface area contributed by atoms with Crippen molar-refractivity contribution in [1.29, 1.82) is 0 Å². The van der Waals surface area contributed by atoms with Gasteiger partial charge in [-0.1, -0.05) is 20.8 Å². The Hall–Kier alpha value is -1.57. The summed E-state index contributed by atoms with van der Waals surface area (Å²) in [6.45, 7) is 5.59. The lowest BCUT2D eigenvalue weighted by atomic mass is 9.63. The summed E-state index contributed by atoms with van der Waals surface area (Å²) >= 11 is 0. The molecule has 0 N–H and O–H groups in total. The van der Waals surface area contributed by atoms with E-state index in [1.165, 1.54) is 0 Å². The van der Waals surface area contributed by atoms with Crippen LogP contribution in [0.3, 0.4) is 0 Å². The summed E-state index contributed by atoms with van der Waals surface area (Å²) in [6, 6.07) is 0. The zero-order chi connectivity index (χ0) is 20.5. The molecule has 0 amide bonds. The molecule has 6 unspecified atom stereocenters. The monoisotopic (exact) mass is 394 g/mol. The molecule has 4 rings (SSSR count). The topological polar surface area (TPSA) is 88.1 Å². The van der Waals surface area contributed by atoms with Gasteiger partial charge in [-0.05, 0) is 43.4 Å². The van der Waals surface area contributed by atoms with Crippen LogP contribution in [-0.2, 0) is 33.3 Å². The number of ether oxygens (including phenoxy) is 4. The van der Waals surface area contributed by atoms with Crippen LogP contribution >= 0.6 is 0 Å². The fourth-order valence-corrected chi connectivity index (χ4v) is 4.43. The van der Waals surface area contributed by atoms with Crippen LogP contribution in [0.4, 0.5) is 0 Å². The van der Waals surface area contributed by atoms with Gasteiger partial charge in [0, 0.05) is 5.31 Å². The molecule has 8 heteroatoms. The maximum Gasteiger partial charge on any atom is 0.332 e. The first-order chi connectivity index (χ1) is 13.2. The van der Waals surface area contributed by atoms with Crippen LogP contribution in [0.5, 0.6) is 0 Å². The van der Waals surface area contributed by atoms with Crippen molar-refractivity contribution in [2.45, 2.75) is 64.0 Å². The maximum absolute atomic E-state index is 12.1. The minimum atomic E-state index is -0.581. The zero-order valence-electron chi connectivity index (χ0n) is 17.3. The van der Waals surface area contributed by atoms with E-state index in [1.807, 2.05) is 28.6 Å². The smallest absolute Gasteiger partial charge is 0.332 e. The largest absolute Gasteiger partial charge is 0.462 e. The van der Waals surface area contributed by atoms with Crippen LogP contribution < -0.4 is 0 Å². The van der Waals surface area contributed by atoms with E-state index in [0.29, 0.717) is 5.92 Å². The highest BCUT2D eigenvalue weighted by atomic mass is 16.6. The highest BCUT2D eigenvalue weighted by molar-refractivity contribution is 6.26. The summed E-state index contributed by atoms with van der Waals surface area (Å²) in [5.41, 5.74) is 0. The average molecular weight is 394 g/mol. The fraction of sp³-hybridized carbons (Fsp3) is 0.850. The maximum atomic E-state index is 12.1. The van der Waals surface area contributed by atoms with Gasteiger partial charge in [0.25, 0.3) is 0 Å². The molecule has 2 aliphatic carbocycles. The van der Waals surface area contributed by atoms with Crippen molar-refractivity contribution in [2.75, 3.05) is 19.8 Å². The van der Waals surface area contributed by atoms with E-state index >= 15 is 0 Å². The lowest BCUT2D eigenvalue weighted by Gasteiger charge is -2.41. The molecule has 2 aliphatic heterocycles. The van der Waals surface area contributed by atoms with Gasteiger partial charge in [-0.2, -0.15) is 0 Å². The van der Waals surface area contributed by atoms with Crippen molar-refractivity contribution in [1.82, 2.24) is 0 Å². The summed E-state index contributed by atoms with van der Waals surface area (Å²) in [5, 5.41) is -0.581. The summed E-state index contributed by atoms with van der Waals surface area (Å²) in [5.74, 6) is 0.00314. The van der Waals surface area contributed by atoms with Crippen molar-refractivity contribution in [3.8, 4) is 0 Å². The minimum Gasteiger partial charge on any atom is -0.462 e. The van der Waals surface area contributed by atoms with Gasteiger partial charge >= 0.3 is 17.9 Å². The minimum absolute atomic E-state index is 0.00122. The van der Waals surface area contributed by atoms with E-state index in [1.54, 1.807) is 0 Å². The van der Waals surface area contributed by atoms with Crippen LogP contribution in [-0.4, -0.2) is 57.8 Å². The number of hydrogen-bond donors (Lipinski definition) is 0. The molecule has 4 aliphatic rings. The van der Waals surface area contributed by atoms with Gasteiger partial charge in [-0.25, -0.2) is 4.79 Å². The van der Waals surface area contributed by atoms with E-state index in [9.17, 15) is 14.4 Å². The Morgan fingerprint density at radius 2 is 1.89 bits per heavy atom. The van der Waals surface area contributed by atoms with Gasteiger partial charge < -0.3 is 18.9 Å². The Morgan fingerprint density at radius 3 is 2.61 bits per heavy atom. The molecule has 2 saturated carbocycles. The standard InChI is InChI=1S/C20H31BO7/c1-11(2)20(3,21)19(24)26-5-4-25-16(22)10-27-17-13-6-12-7-14(9-13)18(23)28-15(17)8-12/h11-15,17H,4-10,21H2,1-3H3. The molecule has 28 heavy (non-hydrogen) atoms. The Kier molecular flexibility index (Phi) is 6.37. The van der Waals surface area contributed by atoms with E-state index in [4.69, 9.17) is 18.9 Å². The predicted octanol–water partition coefficient (Wildman–Crippen LogP) is 1.29. The average Bonchev–Trinajstić information content (AvgIpc) is 2.79. The second-order valence-corrected chi connectivity index (χ2v) is 9.25. The molecular formula is C20H31BO7. The van der Waals surface area contributed by atoms with Gasteiger partial charge in [0.15, 0.2) is 0 Å². The number of hydrogen-bond acceptors (Lipinski definition) is 7. The van der Waals surface area contributed by atoms with E-state index in [2.05, 4.69) is 0 Å². The molecule has 4 bridgehead atoms. The molecule has 6 atom stereocenters. The van der Waals surface area contributed by atoms with Crippen molar-refractivity contribution >= 4 is 25.8 Å². The van der Waals surface area contributed by atoms with Crippen molar-refractivity contribution in [2.24, 2.45) is 23.7 Å². The van der Waals surface area contributed by atoms with Crippen molar-refractivity contribution in [3.05, 3.63) is 0 Å². The van der Waals surface area contributed by atoms with E-state index in [0.717, 1.165) is 25.7 Å². The zero-order valence-corrected chi connectivity index (χ0v) is 17.3. The predicted molar refractivity (Wildman–Crippen MR) is 102 cm³/mol. The quantitative estimate of drug-likeness (QED) is 0.265. The first kappa shape index (κ1) is 21.2. The summed E-state index contributed by atoms with van der Waals surface area (Å²) in [7, 11) is 1.83. The van der Waals surface area contributed by atoms with Crippen LogP contribution in [0.25, 0.3) is 0 Å². The highest BCUT2D eigenvalue weighted by Gasteiger charge is 2.50. The summed E-state index contributed by atoms with van der Waals surface area (Å²) in [6.07, 6.45) is 3.07. The fourth-order valence-electron chi connectivity index (χ4n) is 4.43. The Morgan fingerprint density at radius 1 is 1.18 bits per heavy atom. The van der Waals surface area contributed by atoms with Gasteiger partial charge in [0.1, 0.15) is 33.8 Å². The van der Waals surface area contributed by atoms with Gasteiger partial charge in [-0.3, -0.25) is 9.59 Å². The number of fused-ring (bicyclic) bond motifs is 1. The molecule has 0 aromatic carbocycles. The third kappa shape index (κ3) is 4.53. The number of esters is 3. The van der Waals surface area contributed by atoms with Crippen molar-refractivity contribution < 1.29 is 33.3 Å². The molecule has 0 radical (unpaired) electrons. The third-order valence-electron chi connectivity index (χ3n) is 6.78. The number of carbonyl (C=O) groups is 3. The van der Waals surface area contributed by atoms with E-state index < -0.39 is 11.3 Å². The molecule has 156 valence electrons. The summed E-state index contributed by atoms with van der Waals surface area (Å²) in [4.78, 5) is 36.1. The van der Waals surface area contributed by atoms with E-state index in [-0.39, 0.29) is 61.7 Å². The van der Waals surface area contributed by atoms with Gasteiger partial charge in [0.05, 0.1) is 12.0 Å². The third-order valence-corrected chi connectivity index (χ3v) is 6.78. The highest BCUT2D eigenvalue weighted by Crippen LogP contribution is 2.48. The van der Waals surface area contributed by atoms with Crippen LogP contribution in [0.15, 0.2) is 0 Å². The molecule has 0 spiro atoms. The van der Waals surface area contributed by atoms with Gasteiger partial charge in [0.2, 0.25) is 0 Å². The van der Waals surface area contributed by atoms with Crippen LogP contribution in [0.2, 0.25) is 5.31 Å².